The Morgan fingerprint density at radius 3 is 2.07 bits per heavy atom. The van der Waals surface area contributed by atoms with Gasteiger partial charge in [0, 0.05) is 12.2 Å². The molecule has 0 aliphatic heterocycles. The molecule has 0 N–H and O–H groups in total. The third-order valence-electron chi connectivity index (χ3n) is 6.10. The number of unbranched alkanes of at least 4 members (excludes halogenated alkanes) is 2. The van der Waals surface area contributed by atoms with Crippen molar-refractivity contribution in [3.63, 3.8) is 0 Å². The molecule has 1 saturated carbocycles. The van der Waals surface area contributed by atoms with E-state index in [1.54, 1.807) is 0 Å². The van der Waals surface area contributed by atoms with Gasteiger partial charge in [0.15, 0.2) is 0 Å². The van der Waals surface area contributed by atoms with Gasteiger partial charge in [-0.05, 0) is 95.4 Å². The molecule has 30 heavy (non-hydrogen) atoms. The van der Waals surface area contributed by atoms with E-state index < -0.39 is 9.28 Å². The van der Waals surface area contributed by atoms with Gasteiger partial charge in [0.2, 0.25) is 0 Å². The highest BCUT2D eigenvalue weighted by Crippen LogP contribution is 2.37. The smallest absolute Gasteiger partial charge is 0.321 e. The maximum Gasteiger partial charge on any atom is 0.321 e. The number of hydrogen-bond acceptors (Lipinski definition) is 3. The van der Waals surface area contributed by atoms with Gasteiger partial charge in [-0.2, -0.15) is 0 Å². The van der Waals surface area contributed by atoms with Crippen molar-refractivity contribution in [3.05, 3.63) is 29.8 Å². The first-order valence-corrected chi connectivity index (χ1v) is 14.3. The zero-order chi connectivity index (χ0) is 21.8. The molecule has 0 spiro atoms. The number of ether oxygens (including phenoxy) is 1. The van der Waals surface area contributed by atoms with Crippen molar-refractivity contribution >= 4 is 9.28 Å². The summed E-state index contributed by atoms with van der Waals surface area (Å²) in [6, 6.07) is 10.0. The van der Waals surface area contributed by atoms with Crippen molar-refractivity contribution < 1.29 is 13.6 Å². The van der Waals surface area contributed by atoms with Crippen molar-refractivity contribution in [2.45, 2.75) is 117 Å². The highest BCUT2D eigenvalue weighted by atomic mass is 28.3. The molecule has 1 fully saturated rings. The molecule has 0 atom stereocenters. The summed E-state index contributed by atoms with van der Waals surface area (Å²) in [6.07, 6.45) is 12.2. The molecule has 0 unspecified atom stereocenters. The van der Waals surface area contributed by atoms with Crippen LogP contribution >= 0.6 is 0 Å². The molecule has 0 saturated heterocycles. The lowest BCUT2D eigenvalue weighted by Gasteiger charge is -2.28. The molecule has 2 rings (SSSR count). The molecule has 0 radical (unpaired) electrons. The van der Waals surface area contributed by atoms with E-state index >= 15 is 0 Å². The lowest BCUT2D eigenvalue weighted by atomic mass is 9.77. The van der Waals surface area contributed by atoms with E-state index in [0.717, 1.165) is 36.7 Å². The minimum Gasteiger partial charge on any atom is -0.494 e. The largest absolute Gasteiger partial charge is 0.494 e. The zero-order valence-corrected chi connectivity index (χ0v) is 21.4. The Labute approximate surface area is 187 Å². The molecule has 0 heterocycles. The van der Waals surface area contributed by atoms with Gasteiger partial charge in [-0.1, -0.05) is 44.7 Å². The van der Waals surface area contributed by atoms with Crippen LogP contribution in [0.4, 0.5) is 0 Å². The van der Waals surface area contributed by atoms with Gasteiger partial charge >= 0.3 is 9.28 Å². The minimum atomic E-state index is -1.53. The lowest BCUT2D eigenvalue weighted by Crippen LogP contribution is -2.29. The summed E-state index contributed by atoms with van der Waals surface area (Å²) in [5.74, 6) is 2.74. The Balaban J connectivity index is 1.61. The van der Waals surface area contributed by atoms with Crippen LogP contribution in [0.1, 0.15) is 104 Å². The summed E-state index contributed by atoms with van der Waals surface area (Å²) in [5, 5.41) is 0. The van der Waals surface area contributed by atoms with Crippen LogP contribution in [0.5, 0.6) is 5.75 Å². The standard InChI is InChI=1S/C26H46O3Si/c1-6-10-23-11-13-24(14-12-23)25-15-17-26(18-16-25)27-19-8-7-9-20-30(28-21(2)3)29-22(4)5/h15-18,21-24,30H,6-14,19-20H2,1-5H3/t23-,24-. The maximum atomic E-state index is 6.00. The fraction of sp³-hybridized carbons (Fsp3) is 0.769. The summed E-state index contributed by atoms with van der Waals surface area (Å²) >= 11 is 0. The average Bonchev–Trinajstić information content (AvgIpc) is 2.71. The molecule has 0 amide bonds. The molecule has 1 aliphatic rings. The first kappa shape index (κ1) is 25.4. The topological polar surface area (TPSA) is 27.7 Å². The third kappa shape index (κ3) is 9.98. The van der Waals surface area contributed by atoms with E-state index in [2.05, 4.69) is 58.9 Å². The maximum absolute atomic E-state index is 6.00. The van der Waals surface area contributed by atoms with Crippen molar-refractivity contribution in [3.8, 4) is 5.75 Å². The van der Waals surface area contributed by atoms with Crippen LogP contribution in [-0.2, 0) is 8.85 Å². The van der Waals surface area contributed by atoms with E-state index in [4.69, 9.17) is 13.6 Å². The molecular weight excluding hydrogens is 388 g/mol. The fourth-order valence-corrected chi connectivity index (χ4v) is 6.76. The molecule has 4 heteroatoms. The Hall–Kier alpha value is -0.843. The Bertz CT molecular complexity index is 540. The van der Waals surface area contributed by atoms with Crippen LogP contribution in [0.15, 0.2) is 24.3 Å². The van der Waals surface area contributed by atoms with Crippen molar-refractivity contribution in [1.29, 1.82) is 0 Å². The summed E-state index contributed by atoms with van der Waals surface area (Å²) < 4.78 is 18.0. The second-order valence-corrected chi connectivity index (χ2v) is 11.6. The molecule has 1 aromatic carbocycles. The molecular formula is C26H46O3Si. The number of benzene rings is 1. The quantitative estimate of drug-likeness (QED) is 0.226. The Morgan fingerprint density at radius 1 is 0.867 bits per heavy atom. The van der Waals surface area contributed by atoms with Gasteiger partial charge in [0.25, 0.3) is 0 Å². The van der Waals surface area contributed by atoms with Gasteiger partial charge in [0.05, 0.1) is 6.61 Å². The van der Waals surface area contributed by atoms with Crippen LogP contribution in [0, 0.1) is 5.92 Å². The van der Waals surface area contributed by atoms with Gasteiger partial charge in [-0.3, -0.25) is 0 Å². The number of rotatable bonds is 14. The molecule has 1 aromatic rings. The van der Waals surface area contributed by atoms with Crippen molar-refractivity contribution in [2.75, 3.05) is 6.61 Å². The highest BCUT2D eigenvalue weighted by molar-refractivity contribution is 6.44. The summed E-state index contributed by atoms with van der Waals surface area (Å²) in [4.78, 5) is 0. The monoisotopic (exact) mass is 434 g/mol. The van der Waals surface area contributed by atoms with E-state index in [0.29, 0.717) is 0 Å². The minimum absolute atomic E-state index is 0.262. The second-order valence-electron chi connectivity index (χ2n) is 9.57. The highest BCUT2D eigenvalue weighted by Gasteiger charge is 2.21. The van der Waals surface area contributed by atoms with Crippen LogP contribution in [0.2, 0.25) is 6.04 Å². The zero-order valence-electron chi connectivity index (χ0n) is 20.2. The van der Waals surface area contributed by atoms with E-state index in [-0.39, 0.29) is 12.2 Å². The summed E-state index contributed by atoms with van der Waals surface area (Å²) in [5.41, 5.74) is 1.50. The normalized spacial score (nSPS) is 19.7. The van der Waals surface area contributed by atoms with Crippen molar-refractivity contribution in [2.24, 2.45) is 5.92 Å². The average molecular weight is 435 g/mol. The predicted molar refractivity (Wildman–Crippen MR) is 130 cm³/mol. The molecule has 0 bridgehead atoms. The van der Waals surface area contributed by atoms with Crippen LogP contribution in [0.3, 0.4) is 0 Å². The van der Waals surface area contributed by atoms with Gasteiger partial charge < -0.3 is 13.6 Å². The summed E-state index contributed by atoms with van der Waals surface area (Å²) in [7, 11) is -1.53. The molecule has 172 valence electrons. The first-order valence-electron chi connectivity index (χ1n) is 12.5. The predicted octanol–water partition coefficient (Wildman–Crippen LogP) is 7.38. The summed E-state index contributed by atoms with van der Waals surface area (Å²) in [6.45, 7) is 11.5. The third-order valence-corrected chi connectivity index (χ3v) is 8.67. The Morgan fingerprint density at radius 2 is 1.50 bits per heavy atom. The van der Waals surface area contributed by atoms with Crippen LogP contribution < -0.4 is 4.74 Å². The van der Waals surface area contributed by atoms with Gasteiger partial charge in [0.1, 0.15) is 5.75 Å². The number of hydrogen-bond donors (Lipinski definition) is 0. The van der Waals surface area contributed by atoms with E-state index in [9.17, 15) is 0 Å². The molecule has 1 aliphatic carbocycles. The van der Waals surface area contributed by atoms with Crippen LogP contribution in [0.25, 0.3) is 0 Å². The van der Waals surface area contributed by atoms with E-state index in [1.807, 2.05) is 0 Å². The molecule has 0 aromatic heterocycles. The second kappa shape index (κ2) is 14.3. The van der Waals surface area contributed by atoms with Crippen molar-refractivity contribution in [1.82, 2.24) is 0 Å². The Kier molecular flexibility index (Phi) is 12.1. The fourth-order valence-electron chi connectivity index (χ4n) is 4.58. The van der Waals surface area contributed by atoms with Gasteiger partial charge in [-0.15, -0.1) is 0 Å². The lowest BCUT2D eigenvalue weighted by molar-refractivity contribution is 0.129. The SMILES string of the molecule is CCC[C@H]1CC[C@H](c2ccc(OCCCCC[SiH](OC(C)C)OC(C)C)cc2)CC1. The van der Waals surface area contributed by atoms with E-state index in [1.165, 1.54) is 56.9 Å². The molecule has 3 nitrogen and oxygen atoms in total. The first-order chi connectivity index (χ1) is 14.5. The van der Waals surface area contributed by atoms with Crippen LogP contribution in [-0.4, -0.2) is 28.1 Å². The van der Waals surface area contributed by atoms with Gasteiger partial charge in [-0.25, -0.2) is 0 Å².